The second-order valence-corrected chi connectivity index (χ2v) is 4.68. The molecule has 17 heavy (non-hydrogen) atoms. The van der Waals surface area contributed by atoms with Crippen LogP contribution < -0.4 is 9.64 Å². The van der Waals surface area contributed by atoms with Crippen LogP contribution in [0.25, 0.3) is 0 Å². The number of thiophene rings is 1. The maximum Gasteiger partial charge on any atom is 0.318 e. The number of ether oxygens (including phenoxy) is 2. The Hall–Kier alpha value is -1.56. The second-order valence-electron chi connectivity index (χ2n) is 3.65. The van der Waals surface area contributed by atoms with E-state index in [2.05, 4.69) is 4.74 Å². The molecule has 1 aromatic heterocycles. The summed E-state index contributed by atoms with van der Waals surface area (Å²) in [4.78, 5) is 25.0. The molecule has 0 bridgehead atoms. The van der Waals surface area contributed by atoms with Crippen molar-refractivity contribution in [2.24, 2.45) is 5.92 Å². The first-order valence-corrected chi connectivity index (χ1v) is 6.02. The zero-order valence-electron chi connectivity index (χ0n) is 9.63. The number of methoxy groups -OCH3 is 2. The van der Waals surface area contributed by atoms with E-state index in [0.717, 1.165) is 10.1 Å². The van der Waals surface area contributed by atoms with Crippen molar-refractivity contribution >= 4 is 28.2 Å². The molecular formula is C11H13NO4S. The smallest absolute Gasteiger partial charge is 0.318 e. The van der Waals surface area contributed by atoms with Crippen molar-refractivity contribution in [1.29, 1.82) is 0 Å². The van der Waals surface area contributed by atoms with E-state index in [1.54, 1.807) is 18.1 Å². The van der Waals surface area contributed by atoms with Gasteiger partial charge in [0.25, 0.3) is 0 Å². The third kappa shape index (κ3) is 2.12. The number of anilines is 1. The van der Waals surface area contributed by atoms with Crippen LogP contribution in [0.4, 0.5) is 5.00 Å². The fourth-order valence-corrected chi connectivity index (χ4v) is 2.68. The Labute approximate surface area is 103 Å². The Morgan fingerprint density at radius 3 is 2.82 bits per heavy atom. The molecule has 2 heterocycles. The number of carbonyl (C=O) groups is 2. The van der Waals surface area contributed by atoms with Gasteiger partial charge >= 0.3 is 5.97 Å². The molecule has 1 aliphatic heterocycles. The largest absolute Gasteiger partial charge is 0.487 e. The van der Waals surface area contributed by atoms with Gasteiger partial charge in [-0.15, -0.1) is 0 Å². The third-order valence-corrected chi connectivity index (χ3v) is 3.80. The van der Waals surface area contributed by atoms with Gasteiger partial charge in [-0.3, -0.25) is 9.59 Å². The lowest BCUT2D eigenvalue weighted by Gasteiger charge is -2.13. The summed E-state index contributed by atoms with van der Waals surface area (Å²) in [5, 5.41) is 1.55. The first-order valence-electron chi connectivity index (χ1n) is 5.20. The molecule has 5 nitrogen and oxygen atoms in total. The average Bonchev–Trinajstić information content (AvgIpc) is 2.94. The molecule has 2 rings (SSSR count). The molecular weight excluding hydrogens is 242 g/mol. The molecule has 1 saturated heterocycles. The van der Waals surface area contributed by atoms with Gasteiger partial charge in [-0.2, -0.15) is 0 Å². The summed E-state index contributed by atoms with van der Waals surface area (Å²) < 4.78 is 9.68. The number of carbonyl (C=O) groups excluding carboxylic acids is 2. The van der Waals surface area contributed by atoms with Crippen LogP contribution in [-0.4, -0.2) is 32.6 Å². The lowest BCUT2D eigenvalue weighted by molar-refractivity contribution is -0.148. The van der Waals surface area contributed by atoms with Crippen LogP contribution >= 0.6 is 11.3 Å². The highest BCUT2D eigenvalue weighted by atomic mass is 32.1. The summed E-state index contributed by atoms with van der Waals surface area (Å²) in [6.45, 7) is 0.544. The van der Waals surface area contributed by atoms with Gasteiger partial charge in [0.2, 0.25) is 5.91 Å². The maximum absolute atomic E-state index is 12.0. The van der Waals surface area contributed by atoms with Gasteiger partial charge in [-0.05, 0) is 18.6 Å². The fraction of sp³-hybridized carbons (Fsp3) is 0.455. The van der Waals surface area contributed by atoms with E-state index in [9.17, 15) is 9.59 Å². The van der Waals surface area contributed by atoms with Crippen LogP contribution in [0, 0.1) is 5.92 Å². The van der Waals surface area contributed by atoms with E-state index < -0.39 is 11.9 Å². The topological polar surface area (TPSA) is 55.8 Å². The van der Waals surface area contributed by atoms with Gasteiger partial charge in [0.1, 0.15) is 10.9 Å². The molecule has 0 radical (unpaired) electrons. The summed E-state index contributed by atoms with van der Waals surface area (Å²) >= 11 is 1.39. The molecule has 1 aliphatic rings. The predicted molar refractivity (Wildman–Crippen MR) is 63.3 cm³/mol. The van der Waals surface area contributed by atoms with Crippen molar-refractivity contribution in [3.8, 4) is 5.06 Å². The maximum atomic E-state index is 12.0. The summed E-state index contributed by atoms with van der Waals surface area (Å²) in [5.41, 5.74) is 0. The normalized spacial score (nSPS) is 19.5. The standard InChI is InChI=1S/C11H13NO4S/c1-15-9-4-3-8(17-9)12-6-5-7(10(12)13)11(14)16-2/h3-4,7H,5-6H2,1-2H3. The van der Waals surface area contributed by atoms with Gasteiger partial charge in [0.15, 0.2) is 5.06 Å². The molecule has 0 N–H and O–H groups in total. The van der Waals surface area contributed by atoms with Crippen LogP contribution in [0.1, 0.15) is 6.42 Å². The van der Waals surface area contributed by atoms with Gasteiger partial charge in [0.05, 0.1) is 14.2 Å². The van der Waals surface area contributed by atoms with Crippen LogP contribution in [-0.2, 0) is 14.3 Å². The highest BCUT2D eigenvalue weighted by Crippen LogP contribution is 2.35. The summed E-state index contributed by atoms with van der Waals surface area (Å²) in [5.74, 6) is -1.31. The van der Waals surface area contributed by atoms with Crippen LogP contribution in [0.5, 0.6) is 5.06 Å². The molecule has 6 heteroatoms. The van der Waals surface area contributed by atoms with Crippen molar-refractivity contribution in [2.75, 3.05) is 25.7 Å². The molecule has 0 spiro atoms. The lowest BCUT2D eigenvalue weighted by Crippen LogP contribution is -2.30. The minimum Gasteiger partial charge on any atom is -0.487 e. The number of hydrogen-bond acceptors (Lipinski definition) is 5. The highest BCUT2D eigenvalue weighted by molar-refractivity contribution is 7.18. The molecule has 1 aromatic rings. The molecule has 92 valence electrons. The zero-order valence-corrected chi connectivity index (χ0v) is 10.5. The van der Waals surface area contributed by atoms with Gasteiger partial charge in [-0.1, -0.05) is 11.3 Å². The first-order chi connectivity index (χ1) is 8.17. The third-order valence-electron chi connectivity index (χ3n) is 2.73. The molecule has 0 aromatic carbocycles. The average molecular weight is 255 g/mol. The van der Waals surface area contributed by atoms with Crippen LogP contribution in [0.15, 0.2) is 12.1 Å². The van der Waals surface area contributed by atoms with E-state index in [0.29, 0.717) is 13.0 Å². The molecule has 1 fully saturated rings. The van der Waals surface area contributed by atoms with Crippen molar-refractivity contribution in [2.45, 2.75) is 6.42 Å². The zero-order chi connectivity index (χ0) is 12.4. The van der Waals surface area contributed by atoms with Gasteiger partial charge in [0, 0.05) is 6.54 Å². The minimum absolute atomic E-state index is 0.193. The Bertz CT molecular complexity index is 442. The summed E-state index contributed by atoms with van der Waals surface area (Å²) in [6.07, 6.45) is 0.506. The quantitative estimate of drug-likeness (QED) is 0.603. The Morgan fingerprint density at radius 1 is 1.47 bits per heavy atom. The molecule has 1 atom stereocenters. The van der Waals surface area contributed by atoms with E-state index in [4.69, 9.17) is 4.74 Å². The van der Waals surface area contributed by atoms with Gasteiger partial charge < -0.3 is 14.4 Å². The fourth-order valence-electron chi connectivity index (χ4n) is 1.82. The number of esters is 1. The molecule has 0 saturated carbocycles. The number of hydrogen-bond donors (Lipinski definition) is 0. The number of amides is 1. The Kier molecular flexibility index (Phi) is 3.33. The van der Waals surface area contributed by atoms with Crippen molar-refractivity contribution in [1.82, 2.24) is 0 Å². The Morgan fingerprint density at radius 2 is 2.24 bits per heavy atom. The number of rotatable bonds is 3. The van der Waals surface area contributed by atoms with Gasteiger partial charge in [-0.25, -0.2) is 0 Å². The summed E-state index contributed by atoms with van der Waals surface area (Å²) in [6, 6.07) is 3.62. The van der Waals surface area contributed by atoms with Crippen LogP contribution in [0.3, 0.4) is 0 Å². The first kappa shape index (κ1) is 11.9. The SMILES string of the molecule is COC(=O)C1CCN(c2ccc(OC)s2)C1=O. The van der Waals surface area contributed by atoms with E-state index in [1.807, 2.05) is 6.07 Å². The molecule has 1 unspecified atom stereocenters. The second kappa shape index (κ2) is 4.75. The monoisotopic (exact) mass is 255 g/mol. The van der Waals surface area contributed by atoms with Crippen molar-refractivity contribution in [3.05, 3.63) is 12.1 Å². The minimum atomic E-state index is -0.659. The van der Waals surface area contributed by atoms with E-state index in [-0.39, 0.29) is 5.91 Å². The van der Waals surface area contributed by atoms with Crippen molar-refractivity contribution in [3.63, 3.8) is 0 Å². The summed E-state index contributed by atoms with van der Waals surface area (Å²) in [7, 11) is 2.88. The highest BCUT2D eigenvalue weighted by Gasteiger charge is 2.38. The lowest BCUT2D eigenvalue weighted by atomic mass is 10.1. The van der Waals surface area contributed by atoms with E-state index in [1.165, 1.54) is 18.4 Å². The molecule has 0 aliphatic carbocycles. The predicted octanol–water partition coefficient (Wildman–Crippen LogP) is 1.28. The van der Waals surface area contributed by atoms with Crippen LogP contribution in [0.2, 0.25) is 0 Å². The number of nitrogens with zero attached hydrogens (tertiary/aromatic N) is 1. The van der Waals surface area contributed by atoms with E-state index >= 15 is 0 Å². The van der Waals surface area contributed by atoms with Crippen molar-refractivity contribution < 1.29 is 19.1 Å². The molecule has 1 amide bonds. The Balaban J connectivity index is 2.14.